The number of methoxy groups -OCH3 is 1. The van der Waals surface area contributed by atoms with E-state index in [-0.39, 0.29) is 24.9 Å². The molecule has 3 aromatic rings. The van der Waals surface area contributed by atoms with Crippen molar-refractivity contribution in [3.05, 3.63) is 102 Å². The van der Waals surface area contributed by atoms with Gasteiger partial charge in [0.2, 0.25) is 5.91 Å². The summed E-state index contributed by atoms with van der Waals surface area (Å²) >= 11 is 0. The highest BCUT2D eigenvalue weighted by Gasteiger charge is 2.23. The van der Waals surface area contributed by atoms with Crippen LogP contribution in [0.1, 0.15) is 27.4 Å². The van der Waals surface area contributed by atoms with Crippen molar-refractivity contribution in [2.24, 2.45) is 0 Å². The van der Waals surface area contributed by atoms with Crippen LogP contribution in [-0.2, 0) is 17.9 Å². The van der Waals surface area contributed by atoms with Gasteiger partial charge in [0.05, 0.1) is 13.7 Å². The Bertz CT molecular complexity index is 1040. The fraction of sp³-hybridized carbons (Fsp3) is 0.231. The molecule has 0 aliphatic heterocycles. The standard InChI is InChI=1S/C26H28N2O4/c1-4-16-27(26(30)22-11-14-23(31-3)15-12-22)19-25(29)28(17-21-8-6-5-7-9-21)18-24-13-10-20(2)32-24/h4-15H,1,16-19H2,2-3H3. The monoisotopic (exact) mass is 432 g/mol. The van der Waals surface area contributed by atoms with E-state index >= 15 is 0 Å². The van der Waals surface area contributed by atoms with Gasteiger partial charge in [0.25, 0.3) is 5.91 Å². The number of rotatable bonds is 10. The van der Waals surface area contributed by atoms with Crippen LogP contribution in [0.3, 0.4) is 0 Å². The molecular formula is C26H28N2O4. The lowest BCUT2D eigenvalue weighted by Gasteiger charge is -2.27. The normalized spacial score (nSPS) is 10.4. The molecule has 6 heteroatoms. The summed E-state index contributed by atoms with van der Waals surface area (Å²) in [5.74, 6) is 1.73. The van der Waals surface area contributed by atoms with Crippen LogP contribution < -0.4 is 4.74 Å². The summed E-state index contributed by atoms with van der Waals surface area (Å²) in [6, 6.07) is 20.3. The minimum Gasteiger partial charge on any atom is -0.497 e. The van der Waals surface area contributed by atoms with Crippen LogP contribution in [0.4, 0.5) is 0 Å². The third-order valence-electron chi connectivity index (χ3n) is 5.01. The molecule has 0 aliphatic carbocycles. The van der Waals surface area contributed by atoms with Crippen LogP contribution in [-0.4, -0.2) is 41.8 Å². The second-order valence-electron chi connectivity index (χ2n) is 7.45. The molecule has 3 rings (SSSR count). The number of carbonyl (C=O) groups excluding carboxylic acids is 2. The van der Waals surface area contributed by atoms with Crippen molar-refractivity contribution in [2.75, 3.05) is 20.2 Å². The van der Waals surface area contributed by atoms with Crippen LogP contribution in [0.5, 0.6) is 5.75 Å². The van der Waals surface area contributed by atoms with Crippen LogP contribution in [0.2, 0.25) is 0 Å². The number of hydrogen-bond acceptors (Lipinski definition) is 4. The summed E-state index contributed by atoms with van der Waals surface area (Å²) in [6.45, 7) is 6.54. The second-order valence-corrected chi connectivity index (χ2v) is 7.45. The number of hydrogen-bond donors (Lipinski definition) is 0. The second kappa shape index (κ2) is 11.0. The van der Waals surface area contributed by atoms with E-state index < -0.39 is 0 Å². The van der Waals surface area contributed by atoms with E-state index in [2.05, 4.69) is 6.58 Å². The summed E-state index contributed by atoms with van der Waals surface area (Å²) in [6.07, 6.45) is 1.62. The van der Waals surface area contributed by atoms with E-state index in [0.717, 1.165) is 11.3 Å². The molecule has 0 radical (unpaired) electrons. The molecule has 0 spiro atoms. The Morgan fingerprint density at radius 3 is 2.28 bits per heavy atom. The quantitative estimate of drug-likeness (QED) is 0.444. The molecule has 2 aromatic carbocycles. The SMILES string of the molecule is C=CCN(CC(=O)N(Cc1ccccc1)Cc1ccc(C)o1)C(=O)c1ccc(OC)cc1. The number of nitrogens with zero attached hydrogens (tertiary/aromatic N) is 2. The van der Waals surface area contributed by atoms with Gasteiger partial charge in [-0.2, -0.15) is 0 Å². The maximum absolute atomic E-state index is 13.3. The third-order valence-corrected chi connectivity index (χ3v) is 5.01. The van der Waals surface area contributed by atoms with Crippen molar-refractivity contribution in [3.8, 4) is 5.75 Å². The van der Waals surface area contributed by atoms with Crippen molar-refractivity contribution in [1.82, 2.24) is 9.80 Å². The zero-order chi connectivity index (χ0) is 22.9. The van der Waals surface area contributed by atoms with Crippen LogP contribution in [0.25, 0.3) is 0 Å². The van der Waals surface area contributed by atoms with E-state index in [1.807, 2.05) is 49.4 Å². The number of aryl methyl sites for hydroxylation is 1. The highest BCUT2D eigenvalue weighted by Crippen LogP contribution is 2.16. The van der Waals surface area contributed by atoms with Gasteiger partial charge in [-0.25, -0.2) is 0 Å². The summed E-state index contributed by atoms with van der Waals surface area (Å²) in [4.78, 5) is 29.6. The van der Waals surface area contributed by atoms with Crippen molar-refractivity contribution < 1.29 is 18.7 Å². The van der Waals surface area contributed by atoms with Crippen molar-refractivity contribution in [3.63, 3.8) is 0 Å². The van der Waals surface area contributed by atoms with Crippen molar-refractivity contribution in [1.29, 1.82) is 0 Å². The van der Waals surface area contributed by atoms with Crippen molar-refractivity contribution in [2.45, 2.75) is 20.0 Å². The molecule has 32 heavy (non-hydrogen) atoms. The predicted octanol–water partition coefficient (Wildman–Crippen LogP) is 4.45. The summed E-state index contributed by atoms with van der Waals surface area (Å²) < 4.78 is 10.8. The van der Waals surface area contributed by atoms with Gasteiger partial charge in [0, 0.05) is 18.7 Å². The third kappa shape index (κ3) is 6.11. The molecule has 0 bridgehead atoms. The zero-order valence-electron chi connectivity index (χ0n) is 18.5. The smallest absolute Gasteiger partial charge is 0.254 e. The maximum atomic E-state index is 13.3. The average molecular weight is 433 g/mol. The summed E-state index contributed by atoms with van der Waals surface area (Å²) in [5, 5.41) is 0. The molecular weight excluding hydrogens is 404 g/mol. The van der Waals surface area contributed by atoms with E-state index in [4.69, 9.17) is 9.15 Å². The Labute approximate surface area is 188 Å². The summed E-state index contributed by atoms with van der Waals surface area (Å²) in [7, 11) is 1.57. The molecule has 166 valence electrons. The largest absolute Gasteiger partial charge is 0.497 e. The minimum atomic E-state index is -0.241. The van der Waals surface area contributed by atoms with Crippen LogP contribution in [0, 0.1) is 6.92 Å². The molecule has 6 nitrogen and oxygen atoms in total. The minimum absolute atomic E-state index is 0.0661. The number of amides is 2. The van der Waals surface area contributed by atoms with Gasteiger partial charge in [0.1, 0.15) is 23.8 Å². The highest BCUT2D eigenvalue weighted by molar-refractivity contribution is 5.96. The first-order chi connectivity index (χ1) is 15.5. The number of carbonyl (C=O) groups is 2. The fourth-order valence-electron chi connectivity index (χ4n) is 3.35. The molecule has 0 N–H and O–H groups in total. The zero-order valence-corrected chi connectivity index (χ0v) is 18.5. The molecule has 1 aromatic heterocycles. The first-order valence-electron chi connectivity index (χ1n) is 10.4. The van der Waals surface area contributed by atoms with Gasteiger partial charge in [-0.3, -0.25) is 9.59 Å². The Morgan fingerprint density at radius 1 is 0.969 bits per heavy atom. The summed E-state index contributed by atoms with van der Waals surface area (Å²) in [5.41, 5.74) is 1.48. The Balaban J connectivity index is 1.78. The lowest BCUT2D eigenvalue weighted by molar-refractivity contribution is -0.133. The fourth-order valence-corrected chi connectivity index (χ4v) is 3.35. The number of furan rings is 1. The predicted molar refractivity (Wildman–Crippen MR) is 123 cm³/mol. The number of benzene rings is 2. The van der Waals surface area contributed by atoms with E-state index in [1.165, 1.54) is 4.90 Å². The Morgan fingerprint density at radius 2 is 1.69 bits per heavy atom. The van der Waals surface area contributed by atoms with Crippen molar-refractivity contribution >= 4 is 11.8 Å². The molecule has 0 unspecified atom stereocenters. The van der Waals surface area contributed by atoms with E-state index in [1.54, 1.807) is 42.4 Å². The maximum Gasteiger partial charge on any atom is 0.254 e. The molecule has 2 amide bonds. The van der Waals surface area contributed by atoms with Gasteiger partial charge >= 0.3 is 0 Å². The Hall–Kier alpha value is -3.80. The van der Waals surface area contributed by atoms with Gasteiger partial charge in [-0.1, -0.05) is 36.4 Å². The van der Waals surface area contributed by atoms with Gasteiger partial charge in [0.15, 0.2) is 0 Å². The molecule has 0 aliphatic rings. The van der Waals surface area contributed by atoms with E-state index in [0.29, 0.717) is 30.2 Å². The Kier molecular flexibility index (Phi) is 7.86. The van der Waals surface area contributed by atoms with Crippen LogP contribution in [0.15, 0.2) is 83.8 Å². The molecule has 0 saturated carbocycles. The van der Waals surface area contributed by atoms with Gasteiger partial charge in [-0.05, 0) is 48.9 Å². The molecule has 0 saturated heterocycles. The topological polar surface area (TPSA) is 63.0 Å². The van der Waals surface area contributed by atoms with Gasteiger partial charge < -0.3 is 19.0 Å². The van der Waals surface area contributed by atoms with Crippen LogP contribution >= 0.6 is 0 Å². The molecule has 0 fully saturated rings. The first kappa shape index (κ1) is 22.9. The molecule has 0 atom stereocenters. The van der Waals surface area contributed by atoms with E-state index in [9.17, 15) is 9.59 Å². The highest BCUT2D eigenvalue weighted by atomic mass is 16.5. The first-order valence-corrected chi connectivity index (χ1v) is 10.4. The lowest BCUT2D eigenvalue weighted by atomic mass is 10.1. The number of ether oxygens (including phenoxy) is 1. The average Bonchev–Trinajstić information content (AvgIpc) is 3.23. The van der Waals surface area contributed by atoms with Gasteiger partial charge in [-0.15, -0.1) is 6.58 Å². The lowest BCUT2D eigenvalue weighted by Crippen LogP contribution is -2.42. The molecule has 1 heterocycles.